The molecule has 0 radical (unpaired) electrons. The molecular weight excluding hydrogens is 287 g/mol. The van der Waals surface area contributed by atoms with E-state index in [9.17, 15) is 9.18 Å². The van der Waals surface area contributed by atoms with Gasteiger partial charge in [0.1, 0.15) is 5.82 Å². The lowest BCUT2D eigenvalue weighted by Gasteiger charge is -2.11. The van der Waals surface area contributed by atoms with Gasteiger partial charge in [0.25, 0.3) is 5.91 Å². The fraction of sp³-hybridized carbons (Fsp3) is 0.125. The van der Waals surface area contributed by atoms with E-state index < -0.39 is 11.7 Å². The lowest BCUT2D eigenvalue weighted by molar-refractivity contribution is 0.0974. The van der Waals surface area contributed by atoms with Crippen molar-refractivity contribution in [1.29, 1.82) is 0 Å². The Balaban J connectivity index is 2.03. The number of carbonyl (C=O) groups is 1. The number of anilines is 1. The average molecular weight is 302 g/mol. The summed E-state index contributed by atoms with van der Waals surface area (Å²) < 4.78 is 13.5. The van der Waals surface area contributed by atoms with E-state index in [4.69, 9.17) is 12.2 Å². The molecule has 2 aromatic rings. The number of hydrogen-bond acceptors (Lipinski definition) is 2. The number of carbonyl (C=O) groups excluding carboxylic acids is 1. The summed E-state index contributed by atoms with van der Waals surface area (Å²) in [5.74, 6) is -1.15. The van der Waals surface area contributed by atoms with Gasteiger partial charge >= 0.3 is 0 Å². The standard InChI is InChI=1S/C16H15FN2OS/c1-10-7-8-12(9-11(10)2)18-16(21)19-15(20)13-5-3-4-6-14(13)17/h3-9H,1-2H3,(H2,18,19,20,21). The smallest absolute Gasteiger partial charge is 0.260 e. The second-order valence-corrected chi connectivity index (χ2v) is 5.10. The summed E-state index contributed by atoms with van der Waals surface area (Å²) >= 11 is 5.07. The number of hydrogen-bond donors (Lipinski definition) is 2. The van der Waals surface area contributed by atoms with Gasteiger partial charge in [-0.15, -0.1) is 0 Å². The van der Waals surface area contributed by atoms with Crippen LogP contribution in [-0.4, -0.2) is 11.0 Å². The fourth-order valence-electron chi connectivity index (χ4n) is 1.80. The maximum absolute atomic E-state index is 13.5. The summed E-state index contributed by atoms with van der Waals surface area (Å²) in [6, 6.07) is 11.5. The van der Waals surface area contributed by atoms with E-state index in [1.54, 1.807) is 6.07 Å². The van der Waals surface area contributed by atoms with E-state index in [1.807, 2.05) is 32.0 Å². The molecule has 2 rings (SSSR count). The SMILES string of the molecule is Cc1ccc(NC(=S)NC(=O)c2ccccc2F)cc1C. The second kappa shape index (κ2) is 6.45. The third kappa shape index (κ3) is 3.86. The van der Waals surface area contributed by atoms with Crippen LogP contribution in [0.3, 0.4) is 0 Å². The van der Waals surface area contributed by atoms with Gasteiger partial charge in [0.15, 0.2) is 5.11 Å². The van der Waals surface area contributed by atoms with Gasteiger partial charge in [-0.05, 0) is 61.5 Å². The van der Waals surface area contributed by atoms with Gasteiger partial charge in [-0.25, -0.2) is 4.39 Å². The van der Waals surface area contributed by atoms with Gasteiger partial charge in [0.2, 0.25) is 0 Å². The van der Waals surface area contributed by atoms with Crippen LogP contribution in [-0.2, 0) is 0 Å². The molecule has 0 spiro atoms. The predicted molar refractivity (Wildman–Crippen MR) is 86.0 cm³/mol. The van der Waals surface area contributed by atoms with Crippen molar-refractivity contribution < 1.29 is 9.18 Å². The molecule has 0 saturated heterocycles. The highest BCUT2D eigenvalue weighted by atomic mass is 32.1. The molecule has 0 aliphatic carbocycles. The monoisotopic (exact) mass is 302 g/mol. The Morgan fingerprint density at radius 2 is 1.81 bits per heavy atom. The molecule has 21 heavy (non-hydrogen) atoms. The topological polar surface area (TPSA) is 41.1 Å². The molecule has 3 nitrogen and oxygen atoms in total. The molecule has 2 N–H and O–H groups in total. The Bertz CT molecular complexity index is 700. The Hall–Kier alpha value is -2.27. The summed E-state index contributed by atoms with van der Waals surface area (Å²) in [5, 5.41) is 5.50. The summed E-state index contributed by atoms with van der Waals surface area (Å²) in [6.07, 6.45) is 0. The van der Waals surface area contributed by atoms with Crippen LogP contribution in [0.2, 0.25) is 0 Å². The summed E-state index contributed by atoms with van der Waals surface area (Å²) in [6.45, 7) is 4.00. The van der Waals surface area contributed by atoms with E-state index in [0.717, 1.165) is 11.3 Å². The third-order valence-electron chi connectivity index (χ3n) is 3.11. The molecule has 0 aliphatic heterocycles. The number of halogens is 1. The molecule has 0 atom stereocenters. The minimum Gasteiger partial charge on any atom is -0.332 e. The van der Waals surface area contributed by atoms with Crippen LogP contribution in [0, 0.1) is 19.7 Å². The zero-order chi connectivity index (χ0) is 15.4. The first-order valence-electron chi connectivity index (χ1n) is 6.41. The number of nitrogens with one attached hydrogen (secondary N) is 2. The molecule has 2 aromatic carbocycles. The van der Waals surface area contributed by atoms with Crippen molar-refractivity contribution in [2.24, 2.45) is 0 Å². The van der Waals surface area contributed by atoms with Crippen molar-refractivity contribution in [3.05, 3.63) is 65.0 Å². The molecule has 0 fully saturated rings. The van der Waals surface area contributed by atoms with E-state index in [-0.39, 0.29) is 10.7 Å². The molecule has 0 aromatic heterocycles. The highest BCUT2D eigenvalue weighted by Gasteiger charge is 2.12. The van der Waals surface area contributed by atoms with Crippen LogP contribution in [0.15, 0.2) is 42.5 Å². The first-order chi connectivity index (χ1) is 9.97. The molecular formula is C16H15FN2OS. The van der Waals surface area contributed by atoms with E-state index in [0.29, 0.717) is 0 Å². The average Bonchev–Trinajstić information content (AvgIpc) is 2.43. The van der Waals surface area contributed by atoms with Crippen LogP contribution in [0.5, 0.6) is 0 Å². The molecule has 0 bridgehead atoms. The van der Waals surface area contributed by atoms with Crippen molar-refractivity contribution in [3.63, 3.8) is 0 Å². The third-order valence-corrected chi connectivity index (χ3v) is 3.31. The molecule has 5 heteroatoms. The summed E-state index contributed by atoms with van der Waals surface area (Å²) in [5.41, 5.74) is 3.02. The summed E-state index contributed by atoms with van der Waals surface area (Å²) in [4.78, 5) is 11.9. The van der Waals surface area contributed by atoms with Crippen LogP contribution in [0.1, 0.15) is 21.5 Å². The van der Waals surface area contributed by atoms with Crippen LogP contribution in [0.4, 0.5) is 10.1 Å². The fourth-order valence-corrected chi connectivity index (χ4v) is 2.01. The Morgan fingerprint density at radius 1 is 1.10 bits per heavy atom. The highest BCUT2D eigenvalue weighted by molar-refractivity contribution is 7.80. The zero-order valence-corrected chi connectivity index (χ0v) is 12.6. The predicted octanol–water partition coefficient (Wildman–Crippen LogP) is 3.57. The van der Waals surface area contributed by atoms with Crippen molar-refractivity contribution in [2.45, 2.75) is 13.8 Å². The first-order valence-corrected chi connectivity index (χ1v) is 6.82. The minimum absolute atomic E-state index is 0.0401. The van der Waals surface area contributed by atoms with Crippen LogP contribution < -0.4 is 10.6 Å². The van der Waals surface area contributed by atoms with Gasteiger partial charge in [-0.1, -0.05) is 18.2 Å². The van der Waals surface area contributed by atoms with Gasteiger partial charge in [0.05, 0.1) is 5.56 Å². The number of amides is 1. The maximum Gasteiger partial charge on any atom is 0.260 e. The largest absolute Gasteiger partial charge is 0.332 e. The minimum atomic E-state index is -0.580. The van der Waals surface area contributed by atoms with Crippen molar-refractivity contribution in [2.75, 3.05) is 5.32 Å². The van der Waals surface area contributed by atoms with Crippen LogP contribution in [0.25, 0.3) is 0 Å². The summed E-state index contributed by atoms with van der Waals surface area (Å²) in [7, 11) is 0. The lowest BCUT2D eigenvalue weighted by Crippen LogP contribution is -2.34. The van der Waals surface area contributed by atoms with E-state index in [2.05, 4.69) is 10.6 Å². The lowest BCUT2D eigenvalue weighted by atomic mass is 10.1. The zero-order valence-electron chi connectivity index (χ0n) is 11.7. The number of rotatable bonds is 2. The molecule has 0 unspecified atom stereocenters. The number of benzene rings is 2. The van der Waals surface area contributed by atoms with Gasteiger partial charge < -0.3 is 5.32 Å². The molecule has 0 heterocycles. The van der Waals surface area contributed by atoms with Gasteiger partial charge in [0, 0.05) is 5.69 Å². The molecule has 1 amide bonds. The Kier molecular flexibility index (Phi) is 4.65. The van der Waals surface area contributed by atoms with Crippen molar-refractivity contribution in [3.8, 4) is 0 Å². The normalized spacial score (nSPS) is 10.0. The van der Waals surface area contributed by atoms with E-state index >= 15 is 0 Å². The molecule has 0 aliphatic rings. The van der Waals surface area contributed by atoms with E-state index in [1.165, 1.54) is 23.8 Å². The van der Waals surface area contributed by atoms with Crippen molar-refractivity contribution >= 4 is 28.9 Å². The van der Waals surface area contributed by atoms with Crippen molar-refractivity contribution in [1.82, 2.24) is 5.32 Å². The number of aryl methyl sites for hydroxylation is 2. The number of thiocarbonyl (C=S) groups is 1. The van der Waals surface area contributed by atoms with Gasteiger partial charge in [-0.2, -0.15) is 0 Å². The maximum atomic E-state index is 13.5. The quantitative estimate of drug-likeness (QED) is 0.833. The Morgan fingerprint density at radius 3 is 2.48 bits per heavy atom. The molecule has 0 saturated carbocycles. The first kappa shape index (κ1) is 15.1. The molecule has 108 valence electrons. The second-order valence-electron chi connectivity index (χ2n) is 4.69. The van der Waals surface area contributed by atoms with Gasteiger partial charge in [-0.3, -0.25) is 10.1 Å². The highest BCUT2D eigenvalue weighted by Crippen LogP contribution is 2.14. The Labute approximate surface area is 128 Å². The van der Waals surface area contributed by atoms with Crippen LogP contribution >= 0.6 is 12.2 Å².